The minimum atomic E-state index is -0.667. The molecule has 0 amide bonds. The van der Waals surface area contributed by atoms with Crippen molar-refractivity contribution in [2.45, 2.75) is 53.2 Å². The van der Waals surface area contributed by atoms with E-state index in [-0.39, 0.29) is 5.92 Å². The Morgan fingerprint density at radius 1 is 1.11 bits per heavy atom. The van der Waals surface area contributed by atoms with Crippen LogP contribution in [0.15, 0.2) is 60.3 Å². The molecule has 1 aliphatic heterocycles. The molecule has 2 aromatic carbocycles. The van der Waals surface area contributed by atoms with Crippen molar-refractivity contribution in [2.75, 3.05) is 13.1 Å². The Morgan fingerprint density at radius 2 is 1.86 bits per heavy atom. The smallest absolute Gasteiger partial charge is 0.306 e. The molecule has 2 heterocycles. The zero-order valence-corrected chi connectivity index (χ0v) is 21.3. The number of aromatic nitrogens is 2. The fourth-order valence-electron chi connectivity index (χ4n) is 4.75. The minimum absolute atomic E-state index is 0.201. The van der Waals surface area contributed by atoms with Crippen LogP contribution in [0, 0.1) is 12.8 Å². The predicted octanol–water partition coefficient (Wildman–Crippen LogP) is 5.25. The molecule has 188 valence electrons. The number of benzene rings is 2. The van der Waals surface area contributed by atoms with Gasteiger partial charge in [0.2, 0.25) is 0 Å². The lowest BCUT2D eigenvalue weighted by molar-refractivity contribution is -0.143. The summed E-state index contributed by atoms with van der Waals surface area (Å²) < 4.78 is 0. The van der Waals surface area contributed by atoms with E-state index in [0.717, 1.165) is 72.4 Å². The van der Waals surface area contributed by atoms with Gasteiger partial charge in [0.15, 0.2) is 0 Å². The highest BCUT2D eigenvalue weighted by Gasteiger charge is 2.24. The molecule has 0 radical (unpaired) electrons. The van der Waals surface area contributed by atoms with Gasteiger partial charge in [-0.3, -0.25) is 9.69 Å². The zero-order chi connectivity index (χ0) is 25.5. The van der Waals surface area contributed by atoms with Crippen LogP contribution in [-0.2, 0) is 29.2 Å². The van der Waals surface area contributed by atoms with Crippen LogP contribution in [0.4, 0.5) is 0 Å². The summed E-state index contributed by atoms with van der Waals surface area (Å²) in [5.74, 6) is -0.867. The third-order valence-electron chi connectivity index (χ3n) is 6.93. The van der Waals surface area contributed by atoms with Gasteiger partial charge in [-0.15, -0.1) is 0 Å². The molecular weight excluding hydrogens is 452 g/mol. The van der Waals surface area contributed by atoms with Gasteiger partial charge >= 0.3 is 5.97 Å². The molecule has 0 aliphatic carbocycles. The number of oxime groups is 1. The number of aryl methyl sites for hydroxylation is 2. The average Bonchev–Trinajstić information content (AvgIpc) is 2.89. The molecule has 1 saturated heterocycles. The van der Waals surface area contributed by atoms with Gasteiger partial charge in [0.05, 0.1) is 11.6 Å². The molecule has 1 N–H and O–H groups in total. The maximum atomic E-state index is 11.2. The van der Waals surface area contributed by atoms with Crippen LogP contribution in [0.2, 0.25) is 0 Å². The third kappa shape index (κ3) is 6.34. The molecule has 0 unspecified atom stereocenters. The summed E-state index contributed by atoms with van der Waals surface area (Å²) in [7, 11) is 0. The zero-order valence-electron chi connectivity index (χ0n) is 21.3. The van der Waals surface area contributed by atoms with Crippen LogP contribution in [0.1, 0.15) is 54.5 Å². The van der Waals surface area contributed by atoms with E-state index in [9.17, 15) is 9.90 Å². The molecule has 1 aromatic heterocycles. The lowest BCUT2D eigenvalue weighted by Crippen LogP contribution is -2.36. The molecule has 7 nitrogen and oxygen atoms in total. The summed E-state index contributed by atoms with van der Waals surface area (Å²) in [6, 6.07) is 12.7. The van der Waals surface area contributed by atoms with Gasteiger partial charge in [0.1, 0.15) is 12.9 Å². The van der Waals surface area contributed by atoms with Crippen molar-refractivity contribution >= 4 is 11.7 Å². The maximum absolute atomic E-state index is 11.2. The number of nitrogens with zero attached hydrogens (tertiary/aromatic N) is 4. The van der Waals surface area contributed by atoms with Crippen molar-refractivity contribution in [1.29, 1.82) is 0 Å². The SMILES string of the molecule is CCc1cc(/C(C)=N/OCc2ccc(-c3cncnc3)c(C)c2)ccc1CN1CCC(C(=O)O)CC1. The standard InChI is InChI=1S/C29H34N4O3/c1-4-23-14-25(6-7-26(23)17-33-11-9-24(10-12-33)29(34)35)21(3)32-36-18-22-5-8-28(20(2)13-22)27-15-30-19-31-16-27/h5-8,13-16,19,24H,4,9-12,17-18H2,1-3H3,(H,34,35)/b32-21+. The number of aliphatic carboxylic acids is 1. The molecule has 0 atom stereocenters. The largest absolute Gasteiger partial charge is 0.481 e. The average molecular weight is 487 g/mol. The minimum Gasteiger partial charge on any atom is -0.481 e. The first-order chi connectivity index (χ1) is 17.4. The van der Waals surface area contributed by atoms with Crippen molar-refractivity contribution in [2.24, 2.45) is 11.1 Å². The van der Waals surface area contributed by atoms with E-state index in [0.29, 0.717) is 6.61 Å². The van der Waals surface area contributed by atoms with Gasteiger partial charge < -0.3 is 9.94 Å². The van der Waals surface area contributed by atoms with E-state index >= 15 is 0 Å². The molecule has 0 spiro atoms. The summed E-state index contributed by atoms with van der Waals surface area (Å²) in [5.41, 5.74) is 8.78. The van der Waals surface area contributed by atoms with Crippen molar-refractivity contribution < 1.29 is 14.7 Å². The van der Waals surface area contributed by atoms with Crippen molar-refractivity contribution in [1.82, 2.24) is 14.9 Å². The topological polar surface area (TPSA) is 87.9 Å². The van der Waals surface area contributed by atoms with Crippen molar-refractivity contribution in [3.05, 3.63) is 82.9 Å². The number of rotatable bonds is 9. The summed E-state index contributed by atoms with van der Waals surface area (Å²) >= 11 is 0. The molecule has 3 aromatic rings. The second-order valence-electron chi connectivity index (χ2n) is 9.45. The van der Waals surface area contributed by atoms with E-state index in [4.69, 9.17) is 4.84 Å². The molecule has 4 rings (SSSR count). The molecule has 7 heteroatoms. The lowest BCUT2D eigenvalue weighted by Gasteiger charge is -2.30. The third-order valence-corrected chi connectivity index (χ3v) is 6.93. The van der Waals surface area contributed by atoms with Crippen LogP contribution in [0.5, 0.6) is 0 Å². The normalized spacial score (nSPS) is 15.1. The van der Waals surface area contributed by atoms with Crippen LogP contribution < -0.4 is 0 Å². The number of carbonyl (C=O) groups is 1. The molecule has 1 fully saturated rings. The van der Waals surface area contributed by atoms with Gasteiger partial charge in [-0.05, 0) is 85.6 Å². The quantitative estimate of drug-likeness (QED) is 0.328. The highest BCUT2D eigenvalue weighted by atomic mass is 16.6. The van der Waals surface area contributed by atoms with Crippen LogP contribution >= 0.6 is 0 Å². The number of carboxylic acid groups (broad SMARTS) is 1. The highest BCUT2D eigenvalue weighted by molar-refractivity contribution is 5.98. The van der Waals surface area contributed by atoms with E-state index in [2.05, 4.69) is 64.2 Å². The summed E-state index contributed by atoms with van der Waals surface area (Å²) in [6.07, 6.45) is 7.54. The van der Waals surface area contributed by atoms with E-state index in [1.54, 1.807) is 0 Å². The van der Waals surface area contributed by atoms with Crippen LogP contribution in [0.25, 0.3) is 11.1 Å². The Labute approximate surface area is 212 Å². The van der Waals surface area contributed by atoms with Crippen LogP contribution in [0.3, 0.4) is 0 Å². The second kappa shape index (κ2) is 11.9. The second-order valence-corrected chi connectivity index (χ2v) is 9.45. The summed E-state index contributed by atoms with van der Waals surface area (Å²) in [5, 5.41) is 13.6. The first kappa shape index (κ1) is 25.5. The van der Waals surface area contributed by atoms with Gasteiger partial charge in [0, 0.05) is 24.5 Å². The van der Waals surface area contributed by atoms with Gasteiger partial charge in [0.25, 0.3) is 0 Å². The first-order valence-corrected chi connectivity index (χ1v) is 12.5. The van der Waals surface area contributed by atoms with Crippen LogP contribution in [-0.4, -0.2) is 44.7 Å². The molecule has 0 saturated carbocycles. The van der Waals surface area contributed by atoms with Gasteiger partial charge in [-0.2, -0.15) is 0 Å². The Kier molecular flexibility index (Phi) is 8.44. The fraction of sp³-hybridized carbons (Fsp3) is 0.379. The highest BCUT2D eigenvalue weighted by Crippen LogP contribution is 2.24. The van der Waals surface area contributed by atoms with E-state index in [1.807, 2.05) is 25.4 Å². The molecule has 0 bridgehead atoms. The van der Waals surface area contributed by atoms with Gasteiger partial charge in [-0.25, -0.2) is 9.97 Å². The van der Waals surface area contributed by atoms with Crippen molar-refractivity contribution in [3.8, 4) is 11.1 Å². The maximum Gasteiger partial charge on any atom is 0.306 e. The Hall–Kier alpha value is -3.58. The fourth-order valence-corrected chi connectivity index (χ4v) is 4.75. The van der Waals surface area contributed by atoms with Crippen molar-refractivity contribution in [3.63, 3.8) is 0 Å². The summed E-state index contributed by atoms with van der Waals surface area (Å²) in [4.78, 5) is 27.5. The Morgan fingerprint density at radius 3 is 2.53 bits per heavy atom. The lowest BCUT2D eigenvalue weighted by atomic mass is 9.95. The molecular formula is C29H34N4O3. The monoisotopic (exact) mass is 486 g/mol. The van der Waals surface area contributed by atoms with E-state index in [1.165, 1.54) is 17.5 Å². The van der Waals surface area contributed by atoms with Gasteiger partial charge in [-0.1, -0.05) is 42.4 Å². The molecule has 1 aliphatic rings. The number of hydrogen-bond donors (Lipinski definition) is 1. The predicted molar refractivity (Wildman–Crippen MR) is 141 cm³/mol. The van der Waals surface area contributed by atoms with E-state index < -0.39 is 5.97 Å². The summed E-state index contributed by atoms with van der Waals surface area (Å²) in [6.45, 7) is 9.11. The first-order valence-electron chi connectivity index (χ1n) is 12.5. The number of piperidine rings is 1. The Bertz CT molecular complexity index is 1220. The number of likely N-dealkylation sites (tertiary alicyclic amines) is 1. The Balaban J connectivity index is 1.36. The number of carboxylic acids is 1. The molecule has 36 heavy (non-hydrogen) atoms. The number of hydrogen-bond acceptors (Lipinski definition) is 6.